The Balaban J connectivity index is 5.10. The van der Waals surface area contributed by atoms with Crippen LogP contribution < -0.4 is 5.43 Å². The maximum atomic E-state index is 9.22. The summed E-state index contributed by atoms with van der Waals surface area (Å²) in [5.41, 5.74) is 4.62. The van der Waals surface area contributed by atoms with Crippen LogP contribution in [0.1, 0.15) is 33.6 Å². The molecule has 0 heterocycles. The molecule has 0 saturated carbocycles. The van der Waals surface area contributed by atoms with Gasteiger partial charge in [-0.25, -0.2) is 0 Å². The molecule has 0 aliphatic rings. The van der Waals surface area contributed by atoms with E-state index in [2.05, 4.69) is 30.5 Å². The maximum Gasteiger partial charge on any atom is 0.0733 e. The van der Waals surface area contributed by atoms with Crippen molar-refractivity contribution in [2.75, 3.05) is 20.8 Å². The van der Waals surface area contributed by atoms with Crippen molar-refractivity contribution in [3.05, 3.63) is 35.5 Å². The Labute approximate surface area is 129 Å². The van der Waals surface area contributed by atoms with Gasteiger partial charge in [0, 0.05) is 19.7 Å². The van der Waals surface area contributed by atoms with E-state index in [-0.39, 0.29) is 12.7 Å². The number of hydrazone groups is 1. The number of allylic oxidation sites excluding steroid dienone is 4. The van der Waals surface area contributed by atoms with Gasteiger partial charge in [0.25, 0.3) is 0 Å². The zero-order chi connectivity index (χ0) is 16.1. The van der Waals surface area contributed by atoms with E-state index >= 15 is 0 Å². The highest BCUT2D eigenvalue weighted by atomic mass is 16.5. The van der Waals surface area contributed by atoms with Gasteiger partial charge in [-0.1, -0.05) is 32.1 Å². The van der Waals surface area contributed by atoms with E-state index in [4.69, 9.17) is 4.74 Å². The van der Waals surface area contributed by atoms with Crippen LogP contribution in [0.5, 0.6) is 0 Å². The molecular formula is C17H30N2O2. The topological polar surface area (TPSA) is 53.9 Å². The third-order valence-corrected chi connectivity index (χ3v) is 2.97. The summed E-state index contributed by atoms with van der Waals surface area (Å²) in [4.78, 5) is 0. The third kappa shape index (κ3) is 10.0. The summed E-state index contributed by atoms with van der Waals surface area (Å²) in [6.07, 6.45) is 11.8. The molecule has 0 fully saturated rings. The highest BCUT2D eigenvalue weighted by Gasteiger charge is 2.03. The summed E-state index contributed by atoms with van der Waals surface area (Å²) < 4.78 is 5.27. The molecule has 1 unspecified atom stereocenters. The van der Waals surface area contributed by atoms with Crippen molar-refractivity contribution in [2.24, 2.45) is 11.0 Å². The molecule has 1 atom stereocenters. The lowest BCUT2D eigenvalue weighted by atomic mass is 10.0. The zero-order valence-corrected chi connectivity index (χ0v) is 14.0. The molecule has 0 aliphatic heterocycles. The minimum absolute atomic E-state index is 0.00402. The fourth-order valence-electron chi connectivity index (χ4n) is 1.69. The first kappa shape index (κ1) is 19.6. The van der Waals surface area contributed by atoms with Gasteiger partial charge in [-0.05, 0) is 37.3 Å². The van der Waals surface area contributed by atoms with Crippen LogP contribution in [-0.2, 0) is 4.74 Å². The van der Waals surface area contributed by atoms with Crippen LogP contribution in [0.25, 0.3) is 0 Å². The first-order valence-corrected chi connectivity index (χ1v) is 7.47. The Morgan fingerprint density at radius 2 is 2.00 bits per heavy atom. The summed E-state index contributed by atoms with van der Waals surface area (Å²) in [6, 6.07) is 0. The molecule has 0 spiro atoms. The number of aliphatic hydroxyl groups excluding tert-OH is 1. The van der Waals surface area contributed by atoms with Gasteiger partial charge in [0.2, 0.25) is 0 Å². The number of ether oxygens (including phenoxy) is 1. The first-order chi connectivity index (χ1) is 10.0. The molecule has 0 rings (SSSR count). The van der Waals surface area contributed by atoms with Crippen molar-refractivity contribution < 1.29 is 9.84 Å². The van der Waals surface area contributed by atoms with Crippen LogP contribution in [-0.4, -0.2) is 38.2 Å². The van der Waals surface area contributed by atoms with E-state index in [1.54, 1.807) is 26.4 Å². The van der Waals surface area contributed by atoms with Crippen LogP contribution in [0.15, 0.2) is 40.6 Å². The first-order valence-electron chi connectivity index (χ1n) is 7.47. The number of hydrogen-bond donors (Lipinski definition) is 2. The lowest BCUT2D eigenvalue weighted by Gasteiger charge is -2.08. The van der Waals surface area contributed by atoms with Crippen molar-refractivity contribution in [2.45, 2.75) is 39.7 Å². The Morgan fingerprint density at radius 3 is 2.52 bits per heavy atom. The molecule has 4 heteroatoms. The summed E-state index contributed by atoms with van der Waals surface area (Å²) in [7, 11) is 3.42. The van der Waals surface area contributed by atoms with Crippen molar-refractivity contribution in [1.82, 2.24) is 5.43 Å². The molecule has 4 nitrogen and oxygen atoms in total. The van der Waals surface area contributed by atoms with Crippen molar-refractivity contribution in [3.63, 3.8) is 0 Å². The van der Waals surface area contributed by atoms with Gasteiger partial charge >= 0.3 is 0 Å². The highest BCUT2D eigenvalue weighted by Crippen LogP contribution is 2.13. The highest BCUT2D eigenvalue weighted by molar-refractivity contribution is 5.85. The predicted molar refractivity (Wildman–Crippen MR) is 90.5 cm³/mol. The van der Waals surface area contributed by atoms with Crippen LogP contribution in [0.2, 0.25) is 0 Å². The molecule has 2 N–H and O–H groups in total. The molecule has 0 amide bonds. The van der Waals surface area contributed by atoms with Crippen LogP contribution in [0.3, 0.4) is 0 Å². The zero-order valence-electron chi connectivity index (χ0n) is 14.0. The summed E-state index contributed by atoms with van der Waals surface area (Å²) in [6.45, 7) is 6.38. The van der Waals surface area contributed by atoms with Crippen LogP contribution in [0.4, 0.5) is 0 Å². The second-order valence-electron chi connectivity index (χ2n) is 5.26. The van der Waals surface area contributed by atoms with Crippen molar-refractivity contribution >= 4 is 6.21 Å². The SMILES string of the molecule is CN\N=C/C(=C\C(C)OC)C(/C=C\CCC(C)C)=C\CO. The van der Waals surface area contributed by atoms with Gasteiger partial charge in [0.05, 0.1) is 18.9 Å². The minimum Gasteiger partial charge on any atom is -0.392 e. The molecule has 0 bridgehead atoms. The van der Waals surface area contributed by atoms with Crippen molar-refractivity contribution in [3.8, 4) is 0 Å². The second kappa shape index (κ2) is 12.4. The van der Waals surface area contributed by atoms with Gasteiger partial charge < -0.3 is 15.3 Å². The fraction of sp³-hybridized carbons (Fsp3) is 0.588. The van der Waals surface area contributed by atoms with Gasteiger partial charge in [-0.2, -0.15) is 5.10 Å². The number of hydrogen-bond acceptors (Lipinski definition) is 4. The molecule has 0 aromatic carbocycles. The lowest BCUT2D eigenvalue weighted by molar-refractivity contribution is 0.156. The largest absolute Gasteiger partial charge is 0.392 e. The summed E-state index contributed by atoms with van der Waals surface area (Å²) in [5, 5.41) is 13.3. The molecule has 0 aromatic heterocycles. The molecule has 120 valence electrons. The maximum absolute atomic E-state index is 9.22. The molecular weight excluding hydrogens is 264 g/mol. The molecule has 0 saturated heterocycles. The van der Waals surface area contributed by atoms with Gasteiger partial charge in [-0.15, -0.1) is 0 Å². The third-order valence-electron chi connectivity index (χ3n) is 2.97. The molecule has 0 aromatic rings. The minimum atomic E-state index is -0.0190. The summed E-state index contributed by atoms with van der Waals surface area (Å²) >= 11 is 0. The molecule has 21 heavy (non-hydrogen) atoms. The average Bonchev–Trinajstić information content (AvgIpc) is 2.46. The normalized spacial score (nSPS) is 15.4. The van der Waals surface area contributed by atoms with E-state index in [0.29, 0.717) is 5.92 Å². The Bertz CT molecular complexity index is 382. The van der Waals surface area contributed by atoms with Crippen molar-refractivity contribution in [1.29, 1.82) is 0 Å². The predicted octanol–water partition coefficient (Wildman–Crippen LogP) is 3.06. The Hall–Kier alpha value is -1.39. The van der Waals surface area contributed by atoms with Gasteiger partial charge in [-0.3, -0.25) is 0 Å². The fourth-order valence-corrected chi connectivity index (χ4v) is 1.69. The number of rotatable bonds is 10. The van der Waals surface area contributed by atoms with E-state index < -0.39 is 0 Å². The van der Waals surface area contributed by atoms with E-state index in [1.807, 2.05) is 19.1 Å². The lowest BCUT2D eigenvalue weighted by Crippen LogP contribution is -2.05. The van der Waals surface area contributed by atoms with Gasteiger partial charge in [0.1, 0.15) is 0 Å². The molecule has 0 aliphatic carbocycles. The number of methoxy groups -OCH3 is 1. The Morgan fingerprint density at radius 1 is 1.29 bits per heavy atom. The van der Waals surface area contributed by atoms with E-state index in [9.17, 15) is 5.11 Å². The molecule has 0 radical (unpaired) electrons. The van der Waals surface area contributed by atoms with E-state index in [0.717, 1.165) is 24.0 Å². The van der Waals surface area contributed by atoms with E-state index in [1.165, 1.54) is 0 Å². The number of nitrogens with zero attached hydrogens (tertiary/aromatic N) is 1. The quantitative estimate of drug-likeness (QED) is 0.370. The average molecular weight is 294 g/mol. The summed E-state index contributed by atoms with van der Waals surface area (Å²) in [5.74, 6) is 0.689. The number of aliphatic hydroxyl groups is 1. The number of nitrogens with one attached hydrogen (secondary N) is 1. The van der Waals surface area contributed by atoms with Crippen LogP contribution in [0, 0.1) is 5.92 Å². The Kier molecular flexibility index (Phi) is 11.5. The smallest absolute Gasteiger partial charge is 0.0733 e. The van der Waals surface area contributed by atoms with Crippen LogP contribution >= 0.6 is 0 Å². The second-order valence-corrected chi connectivity index (χ2v) is 5.26. The monoisotopic (exact) mass is 294 g/mol. The van der Waals surface area contributed by atoms with Gasteiger partial charge in [0.15, 0.2) is 0 Å². The standard InChI is InChI=1S/C17H30N2O2/c1-14(2)8-6-7-9-16(10-11-20)17(13-19-18-4)12-15(3)21-5/h7,9-10,12-15,18,20H,6,8,11H2,1-5H3/b9-7-,16-10-,17-12+,19-13-.